The van der Waals surface area contributed by atoms with Crippen LogP contribution in [0.15, 0.2) is 63.8 Å². The first-order valence-corrected chi connectivity index (χ1v) is 7.93. The molecule has 128 valence electrons. The van der Waals surface area contributed by atoms with Gasteiger partial charge in [0, 0.05) is 37.2 Å². The number of rotatable bonds is 4. The van der Waals surface area contributed by atoms with Crippen LogP contribution in [0.1, 0.15) is 17.2 Å². The Morgan fingerprint density at radius 1 is 1.08 bits per heavy atom. The average Bonchev–Trinajstić information content (AvgIpc) is 2.59. The lowest BCUT2D eigenvalue weighted by Crippen LogP contribution is -2.31. The molecule has 1 heterocycles. The minimum absolute atomic E-state index is 0.169. The minimum Gasteiger partial charge on any atom is -0.476 e. The molecule has 0 saturated carbocycles. The fourth-order valence-electron chi connectivity index (χ4n) is 2.64. The Hall–Kier alpha value is -3.08. The van der Waals surface area contributed by atoms with Crippen molar-refractivity contribution in [2.45, 2.75) is 13.0 Å². The predicted molar refractivity (Wildman–Crippen MR) is 95.7 cm³/mol. The van der Waals surface area contributed by atoms with E-state index in [-0.39, 0.29) is 5.91 Å². The zero-order chi connectivity index (χ0) is 18.0. The number of fused-ring (bicyclic) bond motifs is 1. The molecule has 0 unspecified atom stereocenters. The van der Waals surface area contributed by atoms with E-state index in [0.29, 0.717) is 11.3 Å². The van der Waals surface area contributed by atoms with Crippen molar-refractivity contribution in [3.05, 3.63) is 76.1 Å². The van der Waals surface area contributed by atoms with Crippen LogP contribution in [0.25, 0.3) is 11.0 Å². The molecule has 0 radical (unpaired) electrons. The van der Waals surface area contributed by atoms with Gasteiger partial charge in [-0.25, -0.2) is 4.79 Å². The molecular weight excluding hydrogens is 318 g/mol. The van der Waals surface area contributed by atoms with E-state index in [1.54, 1.807) is 26.2 Å². The highest BCUT2D eigenvalue weighted by atomic mass is 16.5. The Morgan fingerprint density at radius 3 is 2.48 bits per heavy atom. The van der Waals surface area contributed by atoms with Gasteiger partial charge in [-0.3, -0.25) is 4.79 Å². The third-order valence-corrected chi connectivity index (χ3v) is 3.94. The van der Waals surface area contributed by atoms with Gasteiger partial charge in [-0.05, 0) is 24.6 Å². The first kappa shape index (κ1) is 16.8. The van der Waals surface area contributed by atoms with Crippen LogP contribution < -0.4 is 10.4 Å². The lowest BCUT2D eigenvalue weighted by molar-refractivity contribution is -0.136. The molecule has 0 spiro atoms. The SMILES string of the molecule is Cc1cc(=O)oc2cc(O[C@H](C(=O)N(C)C)c3ccccc3)ccc12. The highest BCUT2D eigenvalue weighted by molar-refractivity contribution is 5.83. The number of carbonyl (C=O) groups is 1. The van der Waals surface area contributed by atoms with Crippen molar-refractivity contribution in [2.24, 2.45) is 0 Å². The van der Waals surface area contributed by atoms with E-state index >= 15 is 0 Å². The smallest absolute Gasteiger partial charge is 0.336 e. The molecule has 3 aromatic rings. The van der Waals surface area contributed by atoms with Gasteiger partial charge in [-0.1, -0.05) is 30.3 Å². The quantitative estimate of drug-likeness (QED) is 0.685. The minimum atomic E-state index is -0.773. The van der Waals surface area contributed by atoms with E-state index in [0.717, 1.165) is 16.5 Å². The third-order valence-electron chi connectivity index (χ3n) is 3.94. The van der Waals surface area contributed by atoms with Crippen LogP contribution in [-0.2, 0) is 4.79 Å². The molecule has 2 aromatic carbocycles. The Kier molecular flexibility index (Phi) is 4.57. The number of amides is 1. The van der Waals surface area contributed by atoms with Gasteiger partial charge in [0.25, 0.3) is 5.91 Å². The zero-order valence-corrected chi connectivity index (χ0v) is 14.4. The Balaban J connectivity index is 2.01. The van der Waals surface area contributed by atoms with Gasteiger partial charge in [0.05, 0.1) is 0 Å². The second-order valence-electron chi connectivity index (χ2n) is 6.05. The summed E-state index contributed by atoms with van der Waals surface area (Å²) in [6, 6.07) is 16.0. The van der Waals surface area contributed by atoms with Crippen LogP contribution in [-0.4, -0.2) is 24.9 Å². The molecule has 5 heteroatoms. The first-order valence-electron chi connectivity index (χ1n) is 7.93. The summed E-state index contributed by atoms with van der Waals surface area (Å²) in [5.41, 5.74) is 1.62. The van der Waals surface area contributed by atoms with Crippen LogP contribution in [0.4, 0.5) is 0 Å². The topological polar surface area (TPSA) is 59.8 Å². The highest BCUT2D eigenvalue weighted by Gasteiger charge is 2.24. The molecule has 25 heavy (non-hydrogen) atoms. The van der Waals surface area contributed by atoms with Crippen molar-refractivity contribution in [2.75, 3.05) is 14.1 Å². The predicted octanol–water partition coefficient (Wildman–Crippen LogP) is 3.31. The van der Waals surface area contributed by atoms with E-state index in [2.05, 4.69) is 0 Å². The number of nitrogens with zero attached hydrogens (tertiary/aromatic N) is 1. The fourth-order valence-corrected chi connectivity index (χ4v) is 2.64. The molecule has 0 fully saturated rings. The van der Waals surface area contributed by atoms with Crippen molar-refractivity contribution < 1.29 is 13.9 Å². The maximum absolute atomic E-state index is 12.5. The van der Waals surface area contributed by atoms with Crippen LogP contribution >= 0.6 is 0 Å². The van der Waals surface area contributed by atoms with Gasteiger partial charge < -0.3 is 14.1 Å². The summed E-state index contributed by atoms with van der Waals surface area (Å²) in [6.07, 6.45) is -0.773. The summed E-state index contributed by atoms with van der Waals surface area (Å²) in [4.78, 5) is 25.6. The van der Waals surface area contributed by atoms with Crippen molar-refractivity contribution in [1.29, 1.82) is 0 Å². The largest absolute Gasteiger partial charge is 0.476 e. The summed E-state index contributed by atoms with van der Waals surface area (Å²) in [6.45, 7) is 1.85. The molecule has 0 saturated heterocycles. The average molecular weight is 337 g/mol. The maximum atomic E-state index is 12.5. The summed E-state index contributed by atoms with van der Waals surface area (Å²) < 4.78 is 11.2. The van der Waals surface area contributed by atoms with Crippen LogP contribution in [0.2, 0.25) is 0 Å². The second-order valence-corrected chi connectivity index (χ2v) is 6.05. The normalized spacial score (nSPS) is 12.0. The fraction of sp³-hybridized carbons (Fsp3) is 0.200. The first-order chi connectivity index (χ1) is 12.0. The standard InChI is InChI=1S/C20H19NO4/c1-13-11-18(22)25-17-12-15(9-10-16(13)17)24-19(20(23)21(2)3)14-7-5-4-6-8-14/h4-12,19H,1-3H3/t19-/m0/s1. The maximum Gasteiger partial charge on any atom is 0.336 e. The molecule has 0 bridgehead atoms. The highest BCUT2D eigenvalue weighted by Crippen LogP contribution is 2.27. The number of carbonyl (C=O) groups excluding carboxylic acids is 1. The lowest BCUT2D eigenvalue weighted by Gasteiger charge is -2.22. The molecule has 0 aliphatic heterocycles. The molecule has 1 amide bonds. The third kappa shape index (κ3) is 3.55. The molecule has 1 atom stereocenters. The van der Waals surface area contributed by atoms with Crippen LogP contribution in [0, 0.1) is 6.92 Å². The van der Waals surface area contributed by atoms with Gasteiger partial charge in [-0.2, -0.15) is 0 Å². The number of ether oxygens (including phenoxy) is 1. The van der Waals surface area contributed by atoms with Crippen LogP contribution in [0.3, 0.4) is 0 Å². The summed E-state index contributed by atoms with van der Waals surface area (Å²) in [5, 5.41) is 0.835. The number of hydrogen-bond donors (Lipinski definition) is 0. The molecule has 3 rings (SSSR count). The summed E-state index contributed by atoms with van der Waals surface area (Å²) >= 11 is 0. The van der Waals surface area contributed by atoms with Gasteiger partial charge in [-0.15, -0.1) is 0 Å². The van der Waals surface area contributed by atoms with Gasteiger partial charge >= 0.3 is 5.63 Å². The van der Waals surface area contributed by atoms with Crippen LogP contribution in [0.5, 0.6) is 5.75 Å². The molecule has 0 aliphatic carbocycles. The Bertz CT molecular complexity index is 960. The zero-order valence-electron chi connectivity index (χ0n) is 14.4. The van der Waals surface area contributed by atoms with E-state index < -0.39 is 11.7 Å². The van der Waals surface area contributed by atoms with Gasteiger partial charge in [0.15, 0.2) is 0 Å². The summed E-state index contributed by atoms with van der Waals surface area (Å²) in [5.74, 6) is 0.294. The summed E-state index contributed by atoms with van der Waals surface area (Å²) in [7, 11) is 3.37. The van der Waals surface area contributed by atoms with E-state index in [9.17, 15) is 9.59 Å². The number of aryl methyl sites for hydroxylation is 1. The van der Waals surface area contributed by atoms with Gasteiger partial charge in [0.1, 0.15) is 11.3 Å². The van der Waals surface area contributed by atoms with Crippen molar-refractivity contribution in [3.8, 4) is 5.75 Å². The number of hydrogen-bond acceptors (Lipinski definition) is 4. The van der Waals surface area contributed by atoms with E-state index in [1.165, 1.54) is 11.0 Å². The van der Waals surface area contributed by atoms with Crippen molar-refractivity contribution in [3.63, 3.8) is 0 Å². The van der Waals surface area contributed by atoms with Crippen molar-refractivity contribution in [1.82, 2.24) is 4.90 Å². The molecule has 1 aromatic heterocycles. The second kappa shape index (κ2) is 6.81. The van der Waals surface area contributed by atoms with Gasteiger partial charge in [0.2, 0.25) is 6.10 Å². The Labute approximate surface area is 145 Å². The Morgan fingerprint density at radius 2 is 1.80 bits per heavy atom. The monoisotopic (exact) mass is 337 g/mol. The number of likely N-dealkylation sites (N-methyl/N-ethyl adjacent to an activating group) is 1. The number of benzene rings is 2. The lowest BCUT2D eigenvalue weighted by atomic mass is 10.1. The molecule has 0 aliphatic rings. The molecular formula is C20H19NO4. The molecule has 0 N–H and O–H groups in total. The van der Waals surface area contributed by atoms with E-state index in [1.807, 2.05) is 43.3 Å². The molecule has 5 nitrogen and oxygen atoms in total. The van der Waals surface area contributed by atoms with Crippen molar-refractivity contribution >= 4 is 16.9 Å². The van der Waals surface area contributed by atoms with E-state index in [4.69, 9.17) is 9.15 Å².